The maximum atomic E-state index is 9.46. The van der Waals surface area contributed by atoms with Gasteiger partial charge in [0.1, 0.15) is 0 Å². The molecule has 6 heavy (non-hydrogen) atoms. The van der Waals surface area contributed by atoms with Gasteiger partial charge in [0, 0.05) is 5.18 Å². The smallest absolute Gasteiger partial charge is 0.303 e. The van der Waals surface area contributed by atoms with Crippen LogP contribution in [0.3, 0.4) is 0 Å². The summed E-state index contributed by atoms with van der Waals surface area (Å²) in [6.07, 6.45) is 0.354. The van der Waals surface area contributed by atoms with E-state index in [2.05, 4.69) is 0 Å². The average Bonchev–Trinajstić information content (AvgIpc) is 1.65. The molecule has 0 heterocycles. The second kappa shape index (κ2) is 2.19. The molecule has 1 amide bonds. The van der Waals surface area contributed by atoms with Crippen molar-refractivity contribution in [2.75, 3.05) is 0 Å². The first-order chi connectivity index (χ1) is 2.81. The van der Waals surface area contributed by atoms with Crippen LogP contribution in [0.4, 0.5) is 0 Å². The number of nitrogens with one attached hydrogen (secondary N) is 1. The van der Waals surface area contributed by atoms with Crippen molar-refractivity contribution in [2.24, 2.45) is 5.18 Å². The van der Waals surface area contributed by atoms with E-state index in [4.69, 9.17) is 10.3 Å². The van der Waals surface area contributed by atoms with Crippen molar-refractivity contribution in [3.63, 3.8) is 0 Å². The lowest BCUT2D eigenvalue weighted by Crippen LogP contribution is -1.87. The number of nitroso groups, excluding NO2 is 1. The van der Waals surface area contributed by atoms with Crippen molar-refractivity contribution in [3.8, 4) is 0 Å². The minimum Gasteiger partial charge on any atom is -0.303 e. The summed E-state index contributed by atoms with van der Waals surface area (Å²) in [5.41, 5.74) is 0. The number of hydrogen-bond donors (Lipinski definition) is 1. The van der Waals surface area contributed by atoms with E-state index in [0.29, 0.717) is 6.21 Å². The highest BCUT2D eigenvalue weighted by Gasteiger charge is 1.85. The van der Waals surface area contributed by atoms with Gasteiger partial charge in [-0.25, -0.2) is 0 Å². The number of rotatable bonds is 1. The lowest BCUT2D eigenvalue weighted by molar-refractivity contribution is -0.111. The highest BCUT2D eigenvalue weighted by atomic mass is 16.3. The molecule has 0 aromatic rings. The molecule has 0 aliphatic carbocycles. The van der Waals surface area contributed by atoms with Gasteiger partial charge in [-0.05, 0) is 0 Å². The van der Waals surface area contributed by atoms with E-state index in [1.165, 1.54) is 0 Å². The van der Waals surface area contributed by atoms with Crippen LogP contribution in [0.25, 0.3) is 0 Å². The van der Waals surface area contributed by atoms with Gasteiger partial charge in [0.15, 0.2) is 0 Å². The van der Waals surface area contributed by atoms with Crippen molar-refractivity contribution < 1.29 is 4.79 Å². The Balaban J connectivity index is 3.52. The zero-order valence-electron chi connectivity index (χ0n) is 2.84. The van der Waals surface area contributed by atoms with Gasteiger partial charge in [-0.1, -0.05) is 0 Å². The number of amides is 1. The maximum Gasteiger partial charge on any atom is 0.326 e. The quantitative estimate of drug-likeness (QED) is 0.358. The largest absolute Gasteiger partial charge is 0.326 e. The third-order valence-electron chi connectivity index (χ3n) is 0.213. The molecule has 0 aromatic heterocycles. The summed E-state index contributed by atoms with van der Waals surface area (Å²) in [4.78, 5) is 18.4. The summed E-state index contributed by atoms with van der Waals surface area (Å²) < 4.78 is 0. The topological polar surface area (TPSA) is 70.3 Å². The summed E-state index contributed by atoms with van der Waals surface area (Å²) in [7, 11) is 0. The van der Waals surface area contributed by atoms with Gasteiger partial charge < -0.3 is 5.41 Å². The van der Waals surface area contributed by atoms with E-state index in [9.17, 15) is 4.79 Å². The number of carbonyl (C=O) groups is 1. The Morgan fingerprint density at radius 2 is 2.33 bits per heavy atom. The summed E-state index contributed by atoms with van der Waals surface area (Å²) in [5.74, 6) is -1.05. The minimum atomic E-state index is -1.05. The van der Waals surface area contributed by atoms with Crippen LogP contribution in [-0.2, 0) is 4.79 Å². The van der Waals surface area contributed by atoms with Gasteiger partial charge in [-0.15, -0.1) is 4.91 Å². The fraction of sp³-hybridized carbons (Fsp3) is 0. The van der Waals surface area contributed by atoms with E-state index in [1.807, 2.05) is 5.18 Å². The lowest BCUT2D eigenvalue weighted by atomic mass is 10.7. The monoisotopic (exact) mass is 86.0 g/mol. The van der Waals surface area contributed by atoms with Crippen molar-refractivity contribution in [1.82, 2.24) is 0 Å². The molecule has 4 nitrogen and oxygen atoms in total. The predicted octanol–water partition coefficient (Wildman–Crippen LogP) is -0.0710. The average molecular weight is 86.0 g/mol. The first-order valence-electron chi connectivity index (χ1n) is 1.19. The summed E-state index contributed by atoms with van der Waals surface area (Å²) >= 11 is 0. The molecule has 1 N–H and O–H groups in total. The molecule has 0 aliphatic rings. The standard InChI is InChI=1S/C2H2N2O2/c3-1-2(5)4-6/h1,3H. The zero-order valence-corrected chi connectivity index (χ0v) is 2.84. The molecule has 0 unspecified atom stereocenters. The van der Waals surface area contributed by atoms with E-state index < -0.39 is 5.91 Å². The SMILES string of the molecule is N=CC(=O)N=O. The molecule has 0 fully saturated rings. The first kappa shape index (κ1) is 4.94. The third-order valence-corrected chi connectivity index (χ3v) is 0.213. The highest BCUT2D eigenvalue weighted by Crippen LogP contribution is 1.59. The Hall–Kier alpha value is -1.06. The fourth-order valence-corrected chi connectivity index (χ4v) is 0.0264. The van der Waals surface area contributed by atoms with Gasteiger partial charge in [0.2, 0.25) is 0 Å². The van der Waals surface area contributed by atoms with E-state index in [0.717, 1.165) is 0 Å². The maximum absolute atomic E-state index is 9.46. The molecule has 0 aromatic carbocycles. The van der Waals surface area contributed by atoms with E-state index in [1.54, 1.807) is 0 Å². The Morgan fingerprint density at radius 1 is 1.83 bits per heavy atom. The molecule has 0 aliphatic heterocycles. The van der Waals surface area contributed by atoms with Crippen LogP contribution in [0, 0.1) is 10.3 Å². The van der Waals surface area contributed by atoms with Crippen LogP contribution >= 0.6 is 0 Å². The molecule has 32 valence electrons. The second-order valence-corrected chi connectivity index (χ2v) is 0.574. The zero-order chi connectivity index (χ0) is 4.99. The molecule has 0 bridgehead atoms. The molecular weight excluding hydrogens is 84.0 g/mol. The Bertz CT molecular complexity index is 77.5. The van der Waals surface area contributed by atoms with Crippen LogP contribution in [0.2, 0.25) is 0 Å². The van der Waals surface area contributed by atoms with E-state index in [-0.39, 0.29) is 0 Å². The summed E-state index contributed by atoms with van der Waals surface area (Å²) in [6, 6.07) is 0. The molecule has 0 spiro atoms. The molecule has 0 rings (SSSR count). The van der Waals surface area contributed by atoms with Crippen molar-refractivity contribution in [2.45, 2.75) is 0 Å². The molecule has 0 radical (unpaired) electrons. The molecular formula is C2H2N2O2. The lowest BCUT2D eigenvalue weighted by Gasteiger charge is -1.60. The second-order valence-electron chi connectivity index (χ2n) is 0.574. The summed E-state index contributed by atoms with van der Waals surface area (Å²) in [6.45, 7) is 0. The van der Waals surface area contributed by atoms with Crippen LogP contribution < -0.4 is 0 Å². The highest BCUT2D eigenvalue weighted by molar-refractivity contribution is 6.25. The molecule has 4 heteroatoms. The van der Waals surface area contributed by atoms with Crippen molar-refractivity contribution in [1.29, 1.82) is 5.41 Å². The van der Waals surface area contributed by atoms with Crippen molar-refractivity contribution in [3.05, 3.63) is 4.91 Å². The Kier molecular flexibility index (Phi) is 1.81. The van der Waals surface area contributed by atoms with Gasteiger partial charge >= 0.3 is 5.91 Å². The van der Waals surface area contributed by atoms with Crippen molar-refractivity contribution >= 4 is 12.1 Å². The molecule has 0 atom stereocenters. The normalized spacial score (nSPS) is 6.67. The van der Waals surface area contributed by atoms with Gasteiger partial charge in [-0.2, -0.15) is 0 Å². The summed E-state index contributed by atoms with van der Waals surface area (Å²) in [5, 5.41) is 7.92. The minimum absolute atomic E-state index is 0.354. The van der Waals surface area contributed by atoms with E-state index >= 15 is 0 Å². The van der Waals surface area contributed by atoms with Gasteiger partial charge in [0.25, 0.3) is 0 Å². The number of nitrogens with zero attached hydrogens (tertiary/aromatic N) is 1. The van der Waals surface area contributed by atoms with Crippen LogP contribution in [-0.4, -0.2) is 12.1 Å². The van der Waals surface area contributed by atoms with Crippen LogP contribution in [0.1, 0.15) is 0 Å². The molecule has 0 saturated carbocycles. The van der Waals surface area contributed by atoms with Crippen LogP contribution in [0.5, 0.6) is 0 Å². The number of hydrogen-bond acceptors (Lipinski definition) is 3. The number of carbonyl (C=O) groups excluding carboxylic acids is 1. The van der Waals surface area contributed by atoms with Gasteiger partial charge in [-0.3, -0.25) is 4.79 Å². The van der Waals surface area contributed by atoms with Gasteiger partial charge in [0.05, 0.1) is 6.21 Å². The Labute approximate surface area is 33.6 Å². The van der Waals surface area contributed by atoms with Crippen LogP contribution in [0.15, 0.2) is 5.18 Å². The third kappa shape index (κ3) is 1.28. The predicted molar refractivity (Wildman–Crippen MR) is 19.6 cm³/mol. The first-order valence-corrected chi connectivity index (χ1v) is 1.19. The fourth-order valence-electron chi connectivity index (χ4n) is 0.0264. The Morgan fingerprint density at radius 3 is 2.33 bits per heavy atom. The molecule has 0 saturated heterocycles.